The summed E-state index contributed by atoms with van der Waals surface area (Å²) in [5.74, 6) is 1.12. The van der Waals surface area contributed by atoms with E-state index in [1.807, 2.05) is 0 Å². The van der Waals surface area contributed by atoms with E-state index in [9.17, 15) is 4.79 Å². The maximum atomic E-state index is 14.4. The molecule has 7 aliphatic rings. The molecule has 2 aromatic carbocycles. The summed E-state index contributed by atoms with van der Waals surface area (Å²) in [6.45, 7) is 11.5. The summed E-state index contributed by atoms with van der Waals surface area (Å²) in [7, 11) is 0. The second kappa shape index (κ2) is 7.92. The number of benzene rings is 2. The van der Waals surface area contributed by atoms with Gasteiger partial charge in [0.05, 0.1) is 12.2 Å². The van der Waals surface area contributed by atoms with Crippen molar-refractivity contribution in [3.63, 3.8) is 0 Å². The Morgan fingerprint density at radius 3 is 1.59 bits per heavy atom. The first kappa shape index (κ1) is 24.2. The van der Waals surface area contributed by atoms with Crippen LogP contribution in [0.4, 0.5) is 11.4 Å². The van der Waals surface area contributed by atoms with Gasteiger partial charge in [0.2, 0.25) is 0 Å². The van der Waals surface area contributed by atoms with Crippen LogP contribution < -0.4 is 9.80 Å². The minimum atomic E-state index is -0.0843. The molecule has 0 spiro atoms. The maximum absolute atomic E-state index is 14.4. The monoisotopic (exact) mass is 542 g/mol. The van der Waals surface area contributed by atoms with Crippen LogP contribution in [0.5, 0.6) is 0 Å². The van der Waals surface area contributed by atoms with Crippen molar-refractivity contribution in [1.82, 2.24) is 0 Å². The van der Waals surface area contributed by atoms with Crippen LogP contribution in [0.2, 0.25) is 0 Å². The largest absolute Gasteiger partial charge is 0.365 e. The van der Waals surface area contributed by atoms with Gasteiger partial charge in [-0.15, -0.1) is 0 Å². The Kier molecular flexibility index (Phi) is 4.68. The van der Waals surface area contributed by atoms with Crippen molar-refractivity contribution in [2.45, 2.75) is 76.4 Å². The highest BCUT2D eigenvalue weighted by Gasteiger charge is 2.51. The summed E-state index contributed by atoms with van der Waals surface area (Å²) in [5, 5.41) is 0. The number of hydrogen-bond donors (Lipinski definition) is 0. The van der Waals surface area contributed by atoms with Gasteiger partial charge in [-0.2, -0.15) is 0 Å². The molecule has 41 heavy (non-hydrogen) atoms. The molecule has 0 bridgehead atoms. The second-order valence-corrected chi connectivity index (χ2v) is 14.3. The van der Waals surface area contributed by atoms with Gasteiger partial charge in [0.25, 0.3) is 0 Å². The first-order valence-corrected chi connectivity index (χ1v) is 15.6. The molecule has 0 amide bonds. The van der Waals surface area contributed by atoms with Gasteiger partial charge in [-0.3, -0.25) is 4.79 Å². The van der Waals surface area contributed by atoms with E-state index in [4.69, 9.17) is 4.74 Å². The Morgan fingerprint density at radius 2 is 1.12 bits per heavy atom. The lowest BCUT2D eigenvalue weighted by Gasteiger charge is -2.46. The molecule has 1 saturated heterocycles. The van der Waals surface area contributed by atoms with Crippen molar-refractivity contribution < 1.29 is 9.53 Å². The summed E-state index contributed by atoms with van der Waals surface area (Å²) < 4.78 is 6.88. The number of rotatable bonds is 0. The summed E-state index contributed by atoms with van der Waals surface area (Å²) >= 11 is 0. The minimum absolute atomic E-state index is 0.0754. The van der Waals surface area contributed by atoms with Crippen LogP contribution in [0.25, 0.3) is 0 Å². The molecule has 9 rings (SSSR count). The molecule has 4 atom stereocenters. The van der Waals surface area contributed by atoms with E-state index in [-0.39, 0.29) is 28.8 Å². The molecule has 1 fully saturated rings. The van der Waals surface area contributed by atoms with Gasteiger partial charge in [-0.25, -0.2) is 0 Å². The highest BCUT2D eigenvalue weighted by atomic mass is 16.5. The molecule has 0 aromatic heterocycles. The third kappa shape index (κ3) is 3.02. The molecule has 4 nitrogen and oxygen atoms in total. The predicted molar refractivity (Wildman–Crippen MR) is 163 cm³/mol. The Hall–Kier alpha value is -3.37. The fourth-order valence-corrected chi connectivity index (χ4v) is 9.61. The molecule has 4 heteroatoms. The molecule has 5 aliphatic heterocycles. The van der Waals surface area contributed by atoms with E-state index in [1.165, 1.54) is 45.0 Å². The van der Waals surface area contributed by atoms with Crippen molar-refractivity contribution in [3.8, 4) is 0 Å². The predicted octanol–water partition coefficient (Wildman–Crippen LogP) is 7.13. The molecule has 2 aliphatic carbocycles. The maximum Gasteiger partial charge on any atom is 0.190 e. The van der Waals surface area contributed by atoms with Gasteiger partial charge in [-0.1, -0.05) is 64.1 Å². The smallest absolute Gasteiger partial charge is 0.190 e. The summed E-state index contributed by atoms with van der Waals surface area (Å²) in [6.07, 6.45) is 8.43. The Labute approximate surface area is 243 Å². The zero-order valence-corrected chi connectivity index (χ0v) is 24.5. The molecule has 208 valence electrons. The molecule has 2 aromatic rings. The highest BCUT2D eigenvalue weighted by Crippen LogP contribution is 2.57. The first-order valence-electron chi connectivity index (χ1n) is 15.6. The SMILES string of the molecule is CC1(C)C2=C3C=C4C(=O)C5=CC6=C7N(CC[C@H]6CC5O[C@H]4C[C@H]3CCN2c2ccccc21)c1ccccc1C7(C)C. The van der Waals surface area contributed by atoms with Gasteiger partial charge < -0.3 is 14.5 Å². The lowest BCUT2D eigenvalue weighted by atomic mass is 9.68. The van der Waals surface area contributed by atoms with E-state index in [2.05, 4.69) is 98.2 Å². The standard InChI is InChI=1S/C37H38N2O2/c1-36(2)27-9-5-7-11-29(27)38-15-13-21-17-31-25(19-23(21)34(36)38)33(40)26-20-24-22(18-32(26)41-31)14-16-39-30-12-8-6-10-28(30)37(3,4)35(24)39/h5-12,19-22,31-32H,13-18H2,1-4H3/t21-,22+,31+,32?/m1/s1. The van der Waals surface area contributed by atoms with Gasteiger partial charge in [0.1, 0.15) is 0 Å². The van der Waals surface area contributed by atoms with E-state index in [1.54, 1.807) is 0 Å². The van der Waals surface area contributed by atoms with Crippen LogP contribution in [0.1, 0.15) is 64.5 Å². The van der Waals surface area contributed by atoms with Gasteiger partial charge >= 0.3 is 0 Å². The Morgan fingerprint density at radius 1 is 0.683 bits per heavy atom. The number of anilines is 2. The Balaban J connectivity index is 1.16. The molecular weight excluding hydrogens is 504 g/mol. The van der Waals surface area contributed by atoms with Crippen molar-refractivity contribution >= 4 is 17.2 Å². The number of nitrogens with zero attached hydrogens (tertiary/aromatic N) is 2. The fourth-order valence-electron chi connectivity index (χ4n) is 9.61. The van der Waals surface area contributed by atoms with Crippen molar-refractivity contribution in [1.29, 1.82) is 0 Å². The van der Waals surface area contributed by atoms with E-state index in [0.29, 0.717) is 11.8 Å². The lowest BCUT2D eigenvalue weighted by molar-refractivity contribution is -0.120. The van der Waals surface area contributed by atoms with Crippen LogP contribution in [-0.4, -0.2) is 31.1 Å². The van der Waals surface area contributed by atoms with Crippen molar-refractivity contribution in [2.24, 2.45) is 11.8 Å². The number of Topliss-reactive ketones (excluding diaryl/α,β-unsaturated/α-hetero) is 1. The normalized spacial score (nSPS) is 31.7. The number of ketones is 1. The van der Waals surface area contributed by atoms with Gasteiger partial charge in [0, 0.05) is 57.8 Å². The summed E-state index contributed by atoms with van der Waals surface area (Å²) in [6, 6.07) is 17.7. The molecule has 0 N–H and O–H groups in total. The quantitative estimate of drug-likeness (QED) is 0.355. The number of para-hydroxylation sites is 2. The number of carbonyl (C=O) groups excluding carboxylic acids is 1. The topological polar surface area (TPSA) is 32.8 Å². The van der Waals surface area contributed by atoms with Crippen LogP contribution in [0, 0.1) is 11.8 Å². The number of carbonyl (C=O) groups is 1. The first-order chi connectivity index (χ1) is 19.7. The number of hydrogen-bond acceptors (Lipinski definition) is 4. The number of allylic oxidation sites excluding steroid dienone is 6. The van der Waals surface area contributed by atoms with Crippen LogP contribution in [-0.2, 0) is 20.4 Å². The average molecular weight is 543 g/mol. The zero-order chi connectivity index (χ0) is 27.8. The van der Waals surface area contributed by atoms with Crippen LogP contribution in [0.15, 0.2) is 94.4 Å². The van der Waals surface area contributed by atoms with Crippen LogP contribution >= 0.6 is 0 Å². The molecule has 0 radical (unpaired) electrons. The number of fused-ring (bicyclic) bond motifs is 10. The minimum Gasteiger partial charge on any atom is -0.365 e. The molecular formula is C37H38N2O2. The van der Waals surface area contributed by atoms with Crippen LogP contribution in [0.3, 0.4) is 0 Å². The third-order valence-corrected chi connectivity index (χ3v) is 11.5. The second-order valence-electron chi connectivity index (χ2n) is 14.3. The fraction of sp³-hybridized carbons (Fsp3) is 0.432. The highest BCUT2D eigenvalue weighted by molar-refractivity contribution is 6.11. The summed E-state index contributed by atoms with van der Waals surface area (Å²) in [5.41, 5.74) is 12.6. The van der Waals surface area contributed by atoms with E-state index < -0.39 is 0 Å². The van der Waals surface area contributed by atoms with Crippen molar-refractivity contribution in [3.05, 3.63) is 105 Å². The zero-order valence-electron chi connectivity index (χ0n) is 24.5. The average Bonchev–Trinajstić information content (AvgIpc) is 3.36. The molecule has 1 unspecified atom stereocenters. The van der Waals surface area contributed by atoms with Gasteiger partial charge in [0.15, 0.2) is 5.78 Å². The molecule has 5 heterocycles. The summed E-state index contributed by atoms with van der Waals surface area (Å²) in [4.78, 5) is 19.5. The van der Waals surface area contributed by atoms with Gasteiger partial charge in [-0.05, 0) is 84.1 Å². The van der Waals surface area contributed by atoms with Crippen molar-refractivity contribution in [2.75, 3.05) is 22.9 Å². The van der Waals surface area contributed by atoms with E-state index in [0.717, 1.165) is 49.9 Å². The Bertz CT molecular complexity index is 1560. The third-order valence-electron chi connectivity index (χ3n) is 11.5. The lowest BCUT2D eigenvalue weighted by Crippen LogP contribution is -2.46. The van der Waals surface area contributed by atoms with E-state index >= 15 is 0 Å². The number of ether oxygens (including phenoxy) is 1. The molecule has 0 saturated carbocycles.